The van der Waals surface area contributed by atoms with Gasteiger partial charge in [0.05, 0.1) is 24.6 Å². The summed E-state index contributed by atoms with van der Waals surface area (Å²) in [6.07, 6.45) is -6.37. The number of aliphatic hydroxyl groups is 4. The molecule has 0 aromatic heterocycles. The predicted octanol–water partition coefficient (Wildman–Crippen LogP) is 1.25. The van der Waals surface area contributed by atoms with E-state index in [1.54, 1.807) is 99.6 Å². The highest BCUT2D eigenvalue weighted by Gasteiger charge is 2.51. The van der Waals surface area contributed by atoms with Gasteiger partial charge in [-0.05, 0) is 62.3 Å². The van der Waals surface area contributed by atoms with E-state index in [0.717, 1.165) is 0 Å². The van der Waals surface area contributed by atoms with Gasteiger partial charge in [-0.2, -0.15) is 11.8 Å². The molecule has 0 aliphatic carbocycles. The molecule has 0 fully saturated rings. The van der Waals surface area contributed by atoms with Crippen molar-refractivity contribution >= 4 is 41.3 Å². The number of Topliss-reactive ketones (excluding diaryl/α,β-unsaturated/α-hetero) is 1. The molecule has 10 N–H and O–H groups in total. The lowest BCUT2D eigenvalue weighted by atomic mass is 9.83. The van der Waals surface area contributed by atoms with Crippen molar-refractivity contribution in [3.8, 4) is 0 Å². The van der Waals surface area contributed by atoms with Crippen LogP contribution < -0.4 is 22.1 Å². The number of rotatable bonds is 21. The van der Waals surface area contributed by atoms with E-state index in [1.807, 2.05) is 6.26 Å². The Bertz CT molecular complexity index is 1760. The third-order valence-electron chi connectivity index (χ3n) is 9.40. The molecule has 0 bridgehead atoms. The molecule has 0 radical (unpaired) electrons. The van der Waals surface area contributed by atoms with Crippen molar-refractivity contribution in [2.24, 2.45) is 11.5 Å². The molecule has 2 amide bonds. The monoisotopic (exact) mass is 824 g/mol. The Hall–Kier alpha value is -4.68. The molecule has 15 nitrogen and oxygen atoms in total. The van der Waals surface area contributed by atoms with E-state index in [4.69, 9.17) is 20.9 Å². The summed E-state index contributed by atoms with van der Waals surface area (Å²) >= 11 is 1.43. The molecule has 1 unspecified atom stereocenters. The SMILES string of the molecule is CC[C@](NC(=O)[C@@H](N)CCSC)(C(=O)N[C@@H](CO)[C@@H](O)[C@@H](O)[C@H](O)C(=O)C(c1ccccc1)[C@H](N)C(=O)OC(c1ccccc1)c1ccccc1)C(=O)OC(C)(C)C. The van der Waals surface area contributed by atoms with Crippen molar-refractivity contribution in [2.75, 3.05) is 18.6 Å². The summed E-state index contributed by atoms with van der Waals surface area (Å²) in [5.74, 6) is -6.58. The van der Waals surface area contributed by atoms with Crippen molar-refractivity contribution in [1.29, 1.82) is 0 Å². The first-order chi connectivity index (χ1) is 27.4. The second-order valence-electron chi connectivity index (χ2n) is 14.8. The third kappa shape index (κ3) is 12.4. The second-order valence-corrected chi connectivity index (χ2v) is 15.8. The lowest BCUT2D eigenvalue weighted by molar-refractivity contribution is -0.169. The highest BCUT2D eigenvalue weighted by Crippen LogP contribution is 2.30. The average molecular weight is 825 g/mol. The number of hydrogen-bond donors (Lipinski definition) is 8. The Labute approximate surface area is 342 Å². The van der Waals surface area contributed by atoms with Gasteiger partial charge in [0.15, 0.2) is 11.9 Å². The topological polar surface area (TPSA) is 261 Å². The number of hydrogen-bond acceptors (Lipinski definition) is 14. The number of amides is 2. The van der Waals surface area contributed by atoms with Crippen molar-refractivity contribution in [1.82, 2.24) is 10.6 Å². The maximum atomic E-state index is 14.1. The van der Waals surface area contributed by atoms with Crippen LogP contribution in [-0.2, 0) is 33.4 Å². The molecular weight excluding hydrogens is 769 g/mol. The van der Waals surface area contributed by atoms with E-state index in [2.05, 4.69) is 10.6 Å². The van der Waals surface area contributed by atoms with Crippen LogP contribution in [0.2, 0.25) is 0 Å². The summed E-state index contributed by atoms with van der Waals surface area (Å²) < 4.78 is 11.4. The van der Waals surface area contributed by atoms with E-state index in [0.29, 0.717) is 16.9 Å². The Balaban J connectivity index is 1.91. The van der Waals surface area contributed by atoms with Crippen LogP contribution >= 0.6 is 11.8 Å². The molecule has 316 valence electrons. The van der Waals surface area contributed by atoms with Gasteiger partial charge in [-0.15, -0.1) is 0 Å². The van der Waals surface area contributed by atoms with Gasteiger partial charge in [0.1, 0.15) is 30.0 Å². The molecular formula is C42H56N4O11S. The van der Waals surface area contributed by atoms with Gasteiger partial charge in [-0.25, -0.2) is 4.79 Å². The number of nitrogens with two attached hydrogens (primary N) is 2. The van der Waals surface area contributed by atoms with Gasteiger partial charge in [-0.3, -0.25) is 19.2 Å². The fourth-order valence-electron chi connectivity index (χ4n) is 6.07. The Morgan fingerprint density at radius 2 is 1.29 bits per heavy atom. The van der Waals surface area contributed by atoms with Crippen LogP contribution in [0.4, 0.5) is 0 Å². The van der Waals surface area contributed by atoms with Crippen LogP contribution in [0.5, 0.6) is 0 Å². The molecule has 0 saturated heterocycles. The first-order valence-electron chi connectivity index (χ1n) is 18.8. The largest absolute Gasteiger partial charge is 0.458 e. The quantitative estimate of drug-likeness (QED) is 0.0556. The van der Waals surface area contributed by atoms with Gasteiger partial charge in [0, 0.05) is 0 Å². The van der Waals surface area contributed by atoms with Crippen LogP contribution in [0.15, 0.2) is 91.0 Å². The molecule has 3 aromatic carbocycles. The lowest BCUT2D eigenvalue weighted by Gasteiger charge is -2.36. The number of carbonyl (C=O) groups is 5. The molecule has 58 heavy (non-hydrogen) atoms. The van der Waals surface area contributed by atoms with Crippen molar-refractivity contribution in [3.63, 3.8) is 0 Å². The first kappa shape index (κ1) is 47.7. The average Bonchev–Trinajstić information content (AvgIpc) is 3.22. The number of ether oxygens (including phenoxy) is 2. The molecule has 8 atom stereocenters. The molecule has 0 spiro atoms. The minimum Gasteiger partial charge on any atom is -0.458 e. The number of benzene rings is 3. The third-order valence-corrected chi connectivity index (χ3v) is 10.0. The Morgan fingerprint density at radius 1 is 0.793 bits per heavy atom. The summed E-state index contributed by atoms with van der Waals surface area (Å²) in [7, 11) is 0. The number of aliphatic hydroxyl groups excluding tert-OH is 4. The molecule has 0 aliphatic rings. The van der Waals surface area contributed by atoms with E-state index < -0.39 is 95.7 Å². The summed E-state index contributed by atoms with van der Waals surface area (Å²) in [6.45, 7) is 4.98. The Kier molecular flexibility index (Phi) is 18.0. The number of ketones is 1. The van der Waals surface area contributed by atoms with Crippen molar-refractivity contribution in [2.45, 2.75) is 100 Å². The van der Waals surface area contributed by atoms with Gasteiger partial charge in [0.2, 0.25) is 11.4 Å². The summed E-state index contributed by atoms with van der Waals surface area (Å²) in [5, 5.41) is 48.8. The summed E-state index contributed by atoms with van der Waals surface area (Å²) in [4.78, 5) is 68.6. The van der Waals surface area contributed by atoms with Crippen LogP contribution in [0.25, 0.3) is 0 Å². The van der Waals surface area contributed by atoms with Crippen LogP contribution in [0.3, 0.4) is 0 Å². The van der Waals surface area contributed by atoms with Crippen molar-refractivity contribution < 1.29 is 53.9 Å². The maximum absolute atomic E-state index is 14.1. The molecule has 16 heteroatoms. The zero-order chi connectivity index (χ0) is 43.2. The molecule has 0 saturated carbocycles. The number of esters is 2. The van der Waals surface area contributed by atoms with Gasteiger partial charge in [0.25, 0.3) is 5.91 Å². The lowest BCUT2D eigenvalue weighted by Crippen LogP contribution is -2.69. The van der Waals surface area contributed by atoms with E-state index in [-0.39, 0.29) is 18.4 Å². The van der Waals surface area contributed by atoms with E-state index >= 15 is 0 Å². The highest BCUT2D eigenvalue weighted by molar-refractivity contribution is 7.98. The van der Waals surface area contributed by atoms with Crippen molar-refractivity contribution in [3.05, 3.63) is 108 Å². The minimum absolute atomic E-state index is 0.178. The van der Waals surface area contributed by atoms with E-state index in [9.17, 15) is 44.4 Å². The summed E-state index contributed by atoms with van der Waals surface area (Å²) in [6, 6.07) is 20.7. The molecule has 0 aliphatic heterocycles. The van der Waals surface area contributed by atoms with Crippen LogP contribution in [0.1, 0.15) is 69.2 Å². The second kappa shape index (κ2) is 21.9. The normalized spacial score (nSPS) is 16.3. The number of carbonyl (C=O) groups excluding carboxylic acids is 5. The molecule has 3 aromatic rings. The van der Waals surface area contributed by atoms with Gasteiger partial charge >= 0.3 is 11.9 Å². The number of nitrogens with one attached hydrogen (secondary N) is 2. The smallest absolute Gasteiger partial charge is 0.342 e. The molecule has 0 heterocycles. The standard InChI is InChI=1S/C42H56N4O11S/c1-6-42(40(55)57-41(2,3)4,46-37(52)28(43)22-23-58-5)39(54)45-29(24-47)32(48)34(50)35(51)33(49)30(25-16-10-7-11-17-25)31(44)38(53)56-36(26-18-12-8-13-19-26)27-20-14-9-15-21-27/h7-21,28-32,34-36,47-48,50-51H,6,22-24,43-44H2,1-5H3,(H,45,54)(H,46,52)/t28-,29-,30?,31-,32+,34+,35+,42-/m0/s1. The van der Waals surface area contributed by atoms with Gasteiger partial charge in [-0.1, -0.05) is 97.9 Å². The fourth-order valence-corrected chi connectivity index (χ4v) is 6.56. The minimum atomic E-state index is -2.44. The van der Waals surface area contributed by atoms with Crippen LogP contribution in [-0.4, -0.2) is 116 Å². The summed E-state index contributed by atoms with van der Waals surface area (Å²) in [5.41, 5.74) is 10.4. The first-order valence-corrected chi connectivity index (χ1v) is 20.2. The zero-order valence-electron chi connectivity index (χ0n) is 33.3. The highest BCUT2D eigenvalue weighted by atomic mass is 32.2. The number of thioether (sulfide) groups is 1. The predicted molar refractivity (Wildman–Crippen MR) is 218 cm³/mol. The zero-order valence-corrected chi connectivity index (χ0v) is 34.1. The maximum Gasteiger partial charge on any atom is 0.342 e. The van der Waals surface area contributed by atoms with E-state index in [1.165, 1.54) is 30.8 Å². The fraction of sp³-hybridized carbons (Fsp3) is 0.452. The van der Waals surface area contributed by atoms with Crippen LogP contribution in [0, 0.1) is 0 Å². The molecule has 3 rings (SSSR count). The van der Waals surface area contributed by atoms with Gasteiger partial charge < -0.3 is 52.0 Å². The Morgan fingerprint density at radius 3 is 1.74 bits per heavy atom.